The summed E-state index contributed by atoms with van der Waals surface area (Å²) < 4.78 is 5.31. The second-order valence-electron chi connectivity index (χ2n) is 11.4. The Morgan fingerprint density at radius 1 is 1.00 bits per heavy atom. The summed E-state index contributed by atoms with van der Waals surface area (Å²) in [5.41, 5.74) is 2.32. The van der Waals surface area contributed by atoms with Crippen molar-refractivity contribution >= 4 is 92.7 Å². The molecule has 0 saturated carbocycles. The van der Waals surface area contributed by atoms with Crippen molar-refractivity contribution in [2.24, 2.45) is 0 Å². The third-order valence-electron chi connectivity index (χ3n) is 7.78. The number of nitrogens with one attached hydrogen (secondary N) is 3. The number of ether oxygens (including phenoxy) is 1. The second-order valence-corrected chi connectivity index (χ2v) is 14.8. The first-order valence-electron chi connectivity index (χ1n) is 15.9. The van der Waals surface area contributed by atoms with E-state index in [9.17, 15) is 24.0 Å². The molecule has 0 fully saturated rings. The molecule has 0 bridgehead atoms. The van der Waals surface area contributed by atoms with Crippen LogP contribution in [0.1, 0.15) is 57.5 Å². The molecule has 1 aromatic heterocycles. The first-order valence-corrected chi connectivity index (χ1v) is 18.4. The first-order chi connectivity index (χ1) is 24.4. The number of rotatable bonds is 11. The Balaban J connectivity index is 1.31. The summed E-state index contributed by atoms with van der Waals surface area (Å²) in [6, 6.07) is 20.2. The minimum atomic E-state index is -0.605. The Morgan fingerprint density at radius 2 is 1.76 bits per heavy atom. The third kappa shape index (κ3) is 9.59. The van der Waals surface area contributed by atoms with Crippen molar-refractivity contribution in [1.82, 2.24) is 10.2 Å². The highest BCUT2D eigenvalue weighted by Crippen LogP contribution is 2.38. The maximum absolute atomic E-state index is 13.6. The fraction of sp³-hybridized carbons (Fsp3) is 0.216. The molecule has 1 aliphatic rings. The lowest BCUT2D eigenvalue weighted by molar-refractivity contribution is -0.129. The molecule has 4 aromatic rings. The molecule has 0 radical (unpaired) electrons. The second kappa shape index (κ2) is 17.1. The van der Waals surface area contributed by atoms with Crippen molar-refractivity contribution in [3.8, 4) is 0 Å². The smallest absolute Gasteiger partial charge is 0.341 e. The minimum absolute atomic E-state index is 0.0543. The van der Waals surface area contributed by atoms with Crippen LogP contribution in [0.5, 0.6) is 0 Å². The Bertz CT molecular complexity index is 2020. The van der Waals surface area contributed by atoms with Gasteiger partial charge >= 0.3 is 5.97 Å². The van der Waals surface area contributed by atoms with Crippen LogP contribution in [-0.4, -0.2) is 52.9 Å². The number of carbonyl (C=O) groups excluding carboxylic acids is 5. The number of hydrogen-bond donors (Lipinski definition) is 3. The van der Waals surface area contributed by atoms with Crippen LogP contribution in [0.3, 0.4) is 0 Å². The molecule has 1 atom stereocenters. The Hall–Kier alpha value is -4.62. The molecule has 1 aliphatic heterocycles. The van der Waals surface area contributed by atoms with Gasteiger partial charge in [0.25, 0.3) is 11.8 Å². The average Bonchev–Trinajstić information content (AvgIpc) is 3.46. The maximum Gasteiger partial charge on any atom is 0.341 e. The Morgan fingerprint density at radius 3 is 2.47 bits per heavy atom. The summed E-state index contributed by atoms with van der Waals surface area (Å²) in [4.78, 5) is 68.3. The van der Waals surface area contributed by atoms with Gasteiger partial charge in [-0.25, -0.2) is 4.79 Å². The molecule has 0 spiro atoms. The SMILES string of the molecule is CCOC(=O)c1c(NC(=O)C(C)Sc2cccc(NC(=O)/C(=C\c3ccc(Cl)cc3Cl)NC(=O)c3ccccc3)c2)sc2c1CCN(C(C)=O)C2. The van der Waals surface area contributed by atoms with Gasteiger partial charge in [0, 0.05) is 44.5 Å². The summed E-state index contributed by atoms with van der Waals surface area (Å²) in [6.07, 6.45) is 1.95. The van der Waals surface area contributed by atoms with Gasteiger partial charge in [0.15, 0.2) is 0 Å². The third-order valence-corrected chi connectivity index (χ3v) is 10.6. The number of amides is 4. The van der Waals surface area contributed by atoms with Crippen LogP contribution in [0.25, 0.3) is 6.08 Å². The van der Waals surface area contributed by atoms with Gasteiger partial charge in [-0.2, -0.15) is 0 Å². The molecule has 0 aliphatic carbocycles. The molecule has 0 saturated heterocycles. The molecule has 2 heterocycles. The van der Waals surface area contributed by atoms with Gasteiger partial charge in [0.2, 0.25) is 11.8 Å². The van der Waals surface area contributed by atoms with Crippen molar-refractivity contribution < 1.29 is 28.7 Å². The highest BCUT2D eigenvalue weighted by atomic mass is 35.5. The van der Waals surface area contributed by atoms with Gasteiger partial charge in [-0.3, -0.25) is 19.2 Å². The van der Waals surface area contributed by atoms with E-state index in [4.69, 9.17) is 27.9 Å². The van der Waals surface area contributed by atoms with Crippen LogP contribution in [-0.2, 0) is 32.1 Å². The summed E-state index contributed by atoms with van der Waals surface area (Å²) in [7, 11) is 0. The van der Waals surface area contributed by atoms with E-state index in [1.165, 1.54) is 42.2 Å². The topological polar surface area (TPSA) is 134 Å². The number of halogens is 2. The van der Waals surface area contributed by atoms with E-state index in [0.717, 1.165) is 10.4 Å². The van der Waals surface area contributed by atoms with Gasteiger partial charge in [-0.05, 0) is 79.9 Å². The van der Waals surface area contributed by atoms with Crippen molar-refractivity contribution in [3.05, 3.63) is 116 Å². The largest absolute Gasteiger partial charge is 0.462 e. The van der Waals surface area contributed by atoms with Gasteiger partial charge in [-0.1, -0.05) is 53.5 Å². The standard InChI is InChI=1S/C37H34Cl2N4O6S2/c1-4-49-37(48)32-28-15-16-43(22(3)44)20-31(28)51-36(32)42-33(45)21(2)50-27-12-8-11-26(19-27)40-35(47)30(17-24-13-14-25(38)18-29(24)39)41-34(46)23-9-6-5-7-10-23/h5-14,17-19,21H,4,15-16,20H2,1-3H3,(H,40,47)(H,41,46)(H,42,45)/b30-17+. The molecule has 4 amide bonds. The molecule has 3 aromatic carbocycles. The van der Waals surface area contributed by atoms with Crippen molar-refractivity contribution in [1.29, 1.82) is 0 Å². The highest BCUT2D eigenvalue weighted by molar-refractivity contribution is 8.00. The van der Waals surface area contributed by atoms with Crippen molar-refractivity contribution in [2.75, 3.05) is 23.8 Å². The highest BCUT2D eigenvalue weighted by Gasteiger charge is 2.31. The van der Waals surface area contributed by atoms with E-state index in [1.54, 1.807) is 85.5 Å². The zero-order valence-electron chi connectivity index (χ0n) is 27.9. The molecule has 51 heavy (non-hydrogen) atoms. The average molecular weight is 766 g/mol. The van der Waals surface area contributed by atoms with Crippen LogP contribution >= 0.6 is 46.3 Å². The normalized spacial score (nSPS) is 13.1. The first kappa shape index (κ1) is 37.6. The zero-order valence-corrected chi connectivity index (χ0v) is 31.0. The molecule has 5 rings (SSSR count). The quantitative estimate of drug-likeness (QED) is 0.0811. The van der Waals surface area contributed by atoms with E-state index in [1.807, 2.05) is 0 Å². The molecule has 3 N–H and O–H groups in total. The number of benzene rings is 3. The van der Waals surface area contributed by atoms with Crippen LogP contribution < -0.4 is 16.0 Å². The number of thioether (sulfide) groups is 1. The van der Waals surface area contributed by atoms with E-state index in [0.29, 0.717) is 61.8 Å². The van der Waals surface area contributed by atoms with E-state index >= 15 is 0 Å². The number of carbonyl (C=O) groups is 5. The number of thiophene rings is 1. The number of nitrogens with zero attached hydrogens (tertiary/aromatic N) is 1. The van der Waals surface area contributed by atoms with Gasteiger partial charge in [0.05, 0.1) is 24.0 Å². The molecule has 264 valence electrons. The number of hydrogen-bond acceptors (Lipinski definition) is 8. The van der Waals surface area contributed by atoms with Gasteiger partial charge in [-0.15, -0.1) is 23.1 Å². The fourth-order valence-corrected chi connectivity index (χ4v) is 7.86. The lowest BCUT2D eigenvalue weighted by atomic mass is 10.0. The summed E-state index contributed by atoms with van der Waals surface area (Å²) in [5.74, 6) is -2.00. The fourth-order valence-electron chi connectivity index (χ4n) is 5.21. The van der Waals surface area contributed by atoms with E-state index < -0.39 is 23.0 Å². The van der Waals surface area contributed by atoms with Crippen molar-refractivity contribution in [2.45, 2.75) is 43.9 Å². The molecule has 10 nitrogen and oxygen atoms in total. The minimum Gasteiger partial charge on any atom is -0.462 e. The number of esters is 1. The summed E-state index contributed by atoms with van der Waals surface area (Å²) in [5, 5.41) is 8.92. The monoisotopic (exact) mass is 764 g/mol. The molecular weight excluding hydrogens is 731 g/mol. The lowest BCUT2D eigenvalue weighted by Gasteiger charge is -2.25. The lowest BCUT2D eigenvalue weighted by Crippen LogP contribution is -2.34. The van der Waals surface area contributed by atoms with Crippen LogP contribution in [0.4, 0.5) is 10.7 Å². The molecule has 1 unspecified atom stereocenters. The number of anilines is 2. The van der Waals surface area contributed by atoms with Crippen LogP contribution in [0, 0.1) is 0 Å². The van der Waals surface area contributed by atoms with E-state index in [-0.39, 0.29) is 24.1 Å². The summed E-state index contributed by atoms with van der Waals surface area (Å²) >= 11 is 15.0. The van der Waals surface area contributed by atoms with E-state index in [2.05, 4.69) is 16.0 Å². The predicted octanol–water partition coefficient (Wildman–Crippen LogP) is 7.67. The molecule has 14 heteroatoms. The predicted molar refractivity (Wildman–Crippen MR) is 202 cm³/mol. The Labute approximate surface area is 313 Å². The molecular formula is C37H34Cl2N4O6S2. The zero-order chi connectivity index (χ0) is 36.7. The van der Waals surface area contributed by atoms with Crippen LogP contribution in [0.15, 0.2) is 83.4 Å². The summed E-state index contributed by atoms with van der Waals surface area (Å²) in [6.45, 7) is 5.97. The van der Waals surface area contributed by atoms with Gasteiger partial charge < -0.3 is 25.6 Å². The van der Waals surface area contributed by atoms with Gasteiger partial charge in [0.1, 0.15) is 10.7 Å². The number of fused-ring (bicyclic) bond motifs is 1. The Kier molecular flexibility index (Phi) is 12.6. The van der Waals surface area contributed by atoms with Crippen molar-refractivity contribution in [3.63, 3.8) is 0 Å². The maximum atomic E-state index is 13.6. The van der Waals surface area contributed by atoms with Crippen LogP contribution in [0.2, 0.25) is 10.0 Å².